The molecule has 1 aromatic carbocycles. The second kappa shape index (κ2) is 9.14. The van der Waals surface area contributed by atoms with Crippen molar-refractivity contribution in [2.75, 3.05) is 20.2 Å². The number of methoxy groups -OCH3 is 1. The van der Waals surface area contributed by atoms with Crippen molar-refractivity contribution in [2.45, 2.75) is 46.1 Å². The van der Waals surface area contributed by atoms with Gasteiger partial charge in [-0.25, -0.2) is 4.39 Å². The summed E-state index contributed by atoms with van der Waals surface area (Å²) < 4.78 is 20.3. The third-order valence-corrected chi connectivity index (χ3v) is 5.28. The standard InChI is InChI=1S/C19H26FNO2S/c1-4-6-11-21(12-7-5-2)19(22)18-14(13-23-3)17-15(20)9-8-10-16(17)24-18/h8-10H,4-7,11-13H2,1-3H3. The molecule has 0 aliphatic rings. The molecule has 2 rings (SSSR count). The summed E-state index contributed by atoms with van der Waals surface area (Å²) in [5.41, 5.74) is 0.679. The minimum atomic E-state index is -0.288. The number of benzene rings is 1. The Hall–Kier alpha value is -1.46. The zero-order valence-electron chi connectivity index (χ0n) is 14.7. The lowest BCUT2D eigenvalue weighted by Gasteiger charge is -2.22. The van der Waals surface area contributed by atoms with Gasteiger partial charge < -0.3 is 9.64 Å². The van der Waals surface area contributed by atoms with Crippen LogP contribution in [0.1, 0.15) is 54.8 Å². The fourth-order valence-corrected chi connectivity index (χ4v) is 3.97. The van der Waals surface area contributed by atoms with Crippen LogP contribution in [0.4, 0.5) is 4.39 Å². The maximum atomic E-state index is 14.3. The van der Waals surface area contributed by atoms with Gasteiger partial charge in [-0.1, -0.05) is 32.8 Å². The highest BCUT2D eigenvalue weighted by molar-refractivity contribution is 7.21. The maximum Gasteiger partial charge on any atom is 0.264 e. The van der Waals surface area contributed by atoms with Gasteiger partial charge in [-0.2, -0.15) is 0 Å². The van der Waals surface area contributed by atoms with Gasteiger partial charge in [0.25, 0.3) is 5.91 Å². The Morgan fingerprint density at radius 1 is 1.21 bits per heavy atom. The first kappa shape index (κ1) is 18.9. The van der Waals surface area contributed by atoms with E-state index in [1.165, 1.54) is 17.4 Å². The van der Waals surface area contributed by atoms with Crippen LogP contribution in [0.2, 0.25) is 0 Å². The highest BCUT2D eigenvalue weighted by Gasteiger charge is 2.24. The van der Waals surface area contributed by atoms with Crippen molar-refractivity contribution in [3.8, 4) is 0 Å². The molecule has 3 nitrogen and oxygen atoms in total. The Bertz CT molecular complexity index is 675. The van der Waals surface area contributed by atoms with Crippen LogP contribution >= 0.6 is 11.3 Å². The zero-order valence-corrected chi connectivity index (χ0v) is 15.5. The molecule has 132 valence electrons. The van der Waals surface area contributed by atoms with Gasteiger partial charge in [0, 0.05) is 35.8 Å². The second-order valence-corrected chi connectivity index (χ2v) is 7.01. The number of hydrogen-bond donors (Lipinski definition) is 0. The third-order valence-electron chi connectivity index (χ3n) is 4.10. The highest BCUT2D eigenvalue weighted by atomic mass is 32.1. The van der Waals surface area contributed by atoms with Gasteiger partial charge in [0.05, 0.1) is 11.5 Å². The van der Waals surface area contributed by atoms with Crippen molar-refractivity contribution >= 4 is 27.3 Å². The summed E-state index contributed by atoms with van der Waals surface area (Å²) in [7, 11) is 1.57. The molecule has 0 aliphatic carbocycles. The number of fused-ring (bicyclic) bond motifs is 1. The number of hydrogen-bond acceptors (Lipinski definition) is 3. The Labute approximate surface area is 147 Å². The van der Waals surface area contributed by atoms with Crippen molar-refractivity contribution in [3.05, 3.63) is 34.5 Å². The van der Waals surface area contributed by atoms with E-state index in [1.807, 2.05) is 11.0 Å². The van der Waals surface area contributed by atoms with E-state index >= 15 is 0 Å². The van der Waals surface area contributed by atoms with E-state index in [9.17, 15) is 9.18 Å². The maximum absolute atomic E-state index is 14.3. The summed E-state index contributed by atoms with van der Waals surface area (Å²) in [6.45, 7) is 5.98. The van der Waals surface area contributed by atoms with E-state index in [4.69, 9.17) is 4.74 Å². The number of halogens is 1. The molecule has 0 spiro atoms. The van der Waals surface area contributed by atoms with Crippen molar-refractivity contribution in [1.82, 2.24) is 4.90 Å². The first-order valence-electron chi connectivity index (χ1n) is 8.62. The molecule has 0 atom stereocenters. The van der Waals surface area contributed by atoms with Crippen LogP contribution in [0.25, 0.3) is 10.1 Å². The molecule has 0 fully saturated rings. The smallest absolute Gasteiger partial charge is 0.264 e. The number of carbonyl (C=O) groups excluding carboxylic acids is 1. The molecule has 0 unspecified atom stereocenters. The van der Waals surface area contributed by atoms with E-state index in [2.05, 4.69) is 13.8 Å². The van der Waals surface area contributed by atoms with Gasteiger partial charge in [-0.15, -0.1) is 11.3 Å². The molecule has 0 N–H and O–H groups in total. The van der Waals surface area contributed by atoms with Crippen LogP contribution in [0.3, 0.4) is 0 Å². The van der Waals surface area contributed by atoms with Crippen molar-refractivity contribution in [3.63, 3.8) is 0 Å². The molecule has 0 saturated carbocycles. The van der Waals surface area contributed by atoms with Crippen LogP contribution in [0, 0.1) is 5.82 Å². The van der Waals surface area contributed by atoms with Crippen LogP contribution in [-0.4, -0.2) is 31.0 Å². The third kappa shape index (κ3) is 4.14. The SMILES string of the molecule is CCCCN(CCCC)C(=O)c1sc2cccc(F)c2c1COC. The van der Waals surface area contributed by atoms with E-state index in [-0.39, 0.29) is 18.3 Å². The van der Waals surface area contributed by atoms with Crippen LogP contribution in [-0.2, 0) is 11.3 Å². The molecule has 2 aromatic rings. The van der Waals surface area contributed by atoms with E-state index in [0.29, 0.717) is 15.8 Å². The first-order chi connectivity index (χ1) is 11.6. The second-order valence-electron chi connectivity index (χ2n) is 5.96. The molecule has 0 aliphatic heterocycles. The Balaban J connectivity index is 2.42. The van der Waals surface area contributed by atoms with E-state index in [1.54, 1.807) is 13.2 Å². The summed E-state index contributed by atoms with van der Waals surface area (Å²) in [5.74, 6) is -0.284. The van der Waals surface area contributed by atoms with E-state index < -0.39 is 0 Å². The van der Waals surface area contributed by atoms with Gasteiger partial charge in [-0.05, 0) is 25.0 Å². The fraction of sp³-hybridized carbons (Fsp3) is 0.526. The largest absolute Gasteiger partial charge is 0.380 e. The number of thiophene rings is 1. The quantitative estimate of drug-likeness (QED) is 0.619. The van der Waals surface area contributed by atoms with Gasteiger partial charge in [0.2, 0.25) is 0 Å². The van der Waals surface area contributed by atoms with Gasteiger partial charge in [0.15, 0.2) is 0 Å². The number of amides is 1. The Morgan fingerprint density at radius 2 is 1.88 bits per heavy atom. The predicted octanol–water partition coefficient (Wildman–Crippen LogP) is 5.23. The van der Waals surface area contributed by atoms with Gasteiger partial charge >= 0.3 is 0 Å². The minimum Gasteiger partial charge on any atom is -0.380 e. The van der Waals surface area contributed by atoms with Crippen molar-refractivity contribution in [1.29, 1.82) is 0 Å². The average molecular weight is 351 g/mol. The molecule has 0 radical (unpaired) electrons. The minimum absolute atomic E-state index is 0.00421. The molecule has 0 saturated heterocycles. The lowest BCUT2D eigenvalue weighted by Crippen LogP contribution is -2.33. The lowest BCUT2D eigenvalue weighted by molar-refractivity contribution is 0.0751. The molecule has 5 heteroatoms. The highest BCUT2D eigenvalue weighted by Crippen LogP contribution is 2.34. The summed E-state index contributed by atoms with van der Waals surface area (Å²) in [5, 5.41) is 0.527. The topological polar surface area (TPSA) is 29.5 Å². The van der Waals surface area contributed by atoms with Crippen molar-refractivity contribution < 1.29 is 13.9 Å². The van der Waals surface area contributed by atoms with Crippen LogP contribution in [0.15, 0.2) is 18.2 Å². The number of carbonyl (C=O) groups is 1. The first-order valence-corrected chi connectivity index (χ1v) is 9.43. The molecule has 0 bridgehead atoms. The normalized spacial score (nSPS) is 11.2. The lowest BCUT2D eigenvalue weighted by atomic mass is 10.1. The predicted molar refractivity (Wildman–Crippen MR) is 98.2 cm³/mol. The van der Waals surface area contributed by atoms with Crippen molar-refractivity contribution in [2.24, 2.45) is 0 Å². The fourth-order valence-electron chi connectivity index (χ4n) is 2.78. The summed E-state index contributed by atoms with van der Waals surface area (Å²) in [4.78, 5) is 15.6. The molecular weight excluding hydrogens is 325 g/mol. The van der Waals surface area contributed by atoms with Crippen LogP contribution in [0.5, 0.6) is 0 Å². The van der Waals surface area contributed by atoms with Gasteiger partial charge in [0.1, 0.15) is 5.82 Å². The summed E-state index contributed by atoms with van der Waals surface area (Å²) in [6, 6.07) is 4.99. The van der Waals surface area contributed by atoms with Crippen LogP contribution < -0.4 is 0 Å². The molecule has 24 heavy (non-hydrogen) atoms. The molecule has 1 aromatic heterocycles. The number of ether oxygens (including phenoxy) is 1. The molecule has 1 heterocycles. The number of rotatable bonds is 9. The summed E-state index contributed by atoms with van der Waals surface area (Å²) in [6.07, 6.45) is 4.05. The Morgan fingerprint density at radius 3 is 2.46 bits per heavy atom. The molecule has 1 amide bonds. The monoisotopic (exact) mass is 351 g/mol. The van der Waals surface area contributed by atoms with E-state index in [0.717, 1.165) is 43.5 Å². The number of unbranched alkanes of at least 4 members (excludes halogenated alkanes) is 2. The Kier molecular flexibility index (Phi) is 7.18. The summed E-state index contributed by atoms with van der Waals surface area (Å²) >= 11 is 1.37. The number of nitrogens with zero attached hydrogens (tertiary/aromatic N) is 1. The van der Waals surface area contributed by atoms with Gasteiger partial charge in [-0.3, -0.25) is 4.79 Å². The average Bonchev–Trinajstić information content (AvgIpc) is 2.95. The molecular formula is C19H26FNO2S. The zero-order chi connectivity index (χ0) is 17.5.